The molecule has 1 heterocycles. The third-order valence-corrected chi connectivity index (χ3v) is 2.12. The minimum absolute atomic E-state index is 0.161. The topological polar surface area (TPSA) is 75.1 Å². The Morgan fingerprint density at radius 2 is 2.43 bits per heavy atom. The van der Waals surface area contributed by atoms with Crippen LogP contribution in [0.3, 0.4) is 0 Å². The quantitative estimate of drug-likeness (QED) is 0.746. The summed E-state index contributed by atoms with van der Waals surface area (Å²) < 4.78 is 0. The number of carbonyl (C=O) groups is 1. The van der Waals surface area contributed by atoms with Gasteiger partial charge in [0.05, 0.1) is 0 Å². The number of hydrogen-bond donors (Lipinski definition) is 2. The summed E-state index contributed by atoms with van der Waals surface area (Å²) >= 11 is 0. The van der Waals surface area contributed by atoms with Crippen LogP contribution < -0.4 is 5.32 Å². The van der Waals surface area contributed by atoms with E-state index in [2.05, 4.69) is 15.3 Å². The molecule has 0 spiro atoms. The van der Waals surface area contributed by atoms with Crippen LogP contribution in [0.1, 0.15) is 23.5 Å². The van der Waals surface area contributed by atoms with Crippen molar-refractivity contribution < 1.29 is 9.90 Å². The highest BCUT2D eigenvalue weighted by Crippen LogP contribution is 2.28. The number of hydrogen-bond acceptors (Lipinski definition) is 4. The maximum Gasteiger partial charge on any atom is 0.374 e. The molecule has 1 aromatic heterocycles. The highest BCUT2D eigenvalue weighted by molar-refractivity contribution is 5.83. The van der Waals surface area contributed by atoms with Crippen LogP contribution in [0.5, 0.6) is 0 Å². The summed E-state index contributed by atoms with van der Waals surface area (Å²) in [6.45, 7) is 0.871. The Bertz CT molecular complexity index is 350. The van der Waals surface area contributed by atoms with Gasteiger partial charge in [-0.15, -0.1) is 0 Å². The smallest absolute Gasteiger partial charge is 0.374 e. The van der Waals surface area contributed by atoms with Crippen LogP contribution >= 0.6 is 0 Å². The molecule has 0 radical (unpaired) electrons. The molecule has 1 aromatic rings. The van der Waals surface area contributed by atoms with E-state index in [1.165, 1.54) is 19.0 Å². The van der Waals surface area contributed by atoms with Crippen molar-refractivity contribution in [2.24, 2.45) is 5.92 Å². The van der Waals surface area contributed by atoms with E-state index in [9.17, 15) is 4.79 Å². The van der Waals surface area contributed by atoms with Crippen LogP contribution in [0.15, 0.2) is 12.3 Å². The van der Waals surface area contributed by atoms with Crippen molar-refractivity contribution in [3.05, 3.63) is 18.1 Å². The summed E-state index contributed by atoms with van der Waals surface area (Å²) in [6, 6.07) is 1.68. The van der Waals surface area contributed by atoms with E-state index in [0.29, 0.717) is 5.82 Å². The Balaban J connectivity index is 2.01. The van der Waals surface area contributed by atoms with Gasteiger partial charge < -0.3 is 10.4 Å². The largest absolute Gasteiger partial charge is 0.475 e. The van der Waals surface area contributed by atoms with E-state index in [1.54, 1.807) is 6.07 Å². The molecular formula is C9H11N3O2. The fourth-order valence-electron chi connectivity index (χ4n) is 1.13. The van der Waals surface area contributed by atoms with Gasteiger partial charge in [-0.25, -0.2) is 14.8 Å². The SMILES string of the molecule is O=C(O)c1nccc(NCC2CC2)n1. The average molecular weight is 193 g/mol. The van der Waals surface area contributed by atoms with E-state index < -0.39 is 5.97 Å². The van der Waals surface area contributed by atoms with Crippen molar-refractivity contribution in [1.29, 1.82) is 0 Å². The number of rotatable bonds is 4. The first-order valence-electron chi connectivity index (χ1n) is 4.56. The van der Waals surface area contributed by atoms with Crippen molar-refractivity contribution in [3.63, 3.8) is 0 Å². The predicted octanol–water partition coefficient (Wildman–Crippen LogP) is 0.997. The fraction of sp³-hybridized carbons (Fsp3) is 0.444. The molecule has 5 heteroatoms. The van der Waals surface area contributed by atoms with Gasteiger partial charge in [0.2, 0.25) is 5.82 Å². The first-order valence-corrected chi connectivity index (χ1v) is 4.56. The molecule has 14 heavy (non-hydrogen) atoms. The van der Waals surface area contributed by atoms with Crippen molar-refractivity contribution >= 4 is 11.8 Å². The molecule has 0 aromatic carbocycles. The molecule has 0 aliphatic heterocycles. The molecule has 1 aliphatic rings. The molecule has 0 unspecified atom stereocenters. The third-order valence-electron chi connectivity index (χ3n) is 2.12. The lowest BCUT2D eigenvalue weighted by Crippen LogP contribution is -2.09. The van der Waals surface area contributed by atoms with Crippen LogP contribution in [0.25, 0.3) is 0 Å². The predicted molar refractivity (Wildman–Crippen MR) is 50.2 cm³/mol. The molecule has 74 valence electrons. The standard InChI is InChI=1S/C9H11N3O2/c13-9(14)8-10-4-3-7(12-8)11-5-6-1-2-6/h3-4,6H,1-2,5H2,(H,13,14)(H,10,11,12). The van der Waals surface area contributed by atoms with Crippen LogP contribution in [0.4, 0.5) is 5.82 Å². The van der Waals surface area contributed by atoms with Gasteiger partial charge in [-0.2, -0.15) is 0 Å². The van der Waals surface area contributed by atoms with Crippen LogP contribution in [0, 0.1) is 5.92 Å². The second-order valence-electron chi connectivity index (χ2n) is 3.39. The van der Waals surface area contributed by atoms with Crippen LogP contribution in [-0.2, 0) is 0 Å². The lowest BCUT2D eigenvalue weighted by Gasteiger charge is -2.03. The van der Waals surface area contributed by atoms with Crippen molar-refractivity contribution in [3.8, 4) is 0 Å². The van der Waals surface area contributed by atoms with Gasteiger partial charge >= 0.3 is 5.97 Å². The maximum absolute atomic E-state index is 10.6. The van der Waals surface area contributed by atoms with Crippen molar-refractivity contribution in [2.45, 2.75) is 12.8 Å². The maximum atomic E-state index is 10.6. The molecule has 5 nitrogen and oxygen atoms in total. The molecule has 2 N–H and O–H groups in total. The summed E-state index contributed by atoms with van der Waals surface area (Å²) in [4.78, 5) is 18.0. The molecule has 1 saturated carbocycles. The number of anilines is 1. The van der Waals surface area contributed by atoms with Gasteiger partial charge in [0.15, 0.2) is 0 Å². The van der Waals surface area contributed by atoms with Gasteiger partial charge in [-0.1, -0.05) is 0 Å². The van der Waals surface area contributed by atoms with Gasteiger partial charge in [-0.05, 0) is 24.8 Å². The number of aromatic nitrogens is 2. The number of aromatic carboxylic acids is 1. The average Bonchev–Trinajstić information content (AvgIpc) is 2.99. The third kappa shape index (κ3) is 2.18. The van der Waals surface area contributed by atoms with E-state index in [0.717, 1.165) is 12.5 Å². The minimum atomic E-state index is -1.10. The molecule has 2 rings (SSSR count). The van der Waals surface area contributed by atoms with Crippen molar-refractivity contribution in [2.75, 3.05) is 11.9 Å². The van der Waals surface area contributed by atoms with E-state index >= 15 is 0 Å². The fourth-order valence-corrected chi connectivity index (χ4v) is 1.13. The lowest BCUT2D eigenvalue weighted by molar-refractivity contribution is 0.0683. The minimum Gasteiger partial charge on any atom is -0.475 e. The van der Waals surface area contributed by atoms with Crippen LogP contribution in [0.2, 0.25) is 0 Å². The molecule has 1 fully saturated rings. The normalized spacial score (nSPS) is 15.1. The highest BCUT2D eigenvalue weighted by Gasteiger charge is 2.20. The van der Waals surface area contributed by atoms with Crippen molar-refractivity contribution in [1.82, 2.24) is 9.97 Å². The summed E-state index contributed by atoms with van der Waals surface area (Å²) in [5, 5.41) is 11.7. The molecule has 0 atom stereocenters. The Hall–Kier alpha value is -1.65. The molecule has 0 saturated heterocycles. The second kappa shape index (κ2) is 3.61. The van der Waals surface area contributed by atoms with Gasteiger partial charge in [0.25, 0.3) is 0 Å². The summed E-state index contributed by atoms with van der Waals surface area (Å²) in [7, 11) is 0. The Kier molecular flexibility index (Phi) is 2.30. The number of nitrogens with one attached hydrogen (secondary N) is 1. The first-order chi connectivity index (χ1) is 6.75. The number of carboxylic acids is 1. The Morgan fingerprint density at radius 3 is 3.07 bits per heavy atom. The molecular weight excluding hydrogens is 182 g/mol. The Labute approximate surface area is 81.2 Å². The van der Waals surface area contributed by atoms with E-state index in [1.807, 2.05) is 0 Å². The van der Waals surface area contributed by atoms with Gasteiger partial charge in [-0.3, -0.25) is 0 Å². The van der Waals surface area contributed by atoms with Gasteiger partial charge in [0.1, 0.15) is 5.82 Å². The number of carboxylic acid groups (broad SMARTS) is 1. The summed E-state index contributed by atoms with van der Waals surface area (Å²) in [5.74, 6) is 0.0633. The zero-order chi connectivity index (χ0) is 9.97. The zero-order valence-corrected chi connectivity index (χ0v) is 7.60. The molecule has 0 bridgehead atoms. The van der Waals surface area contributed by atoms with E-state index in [4.69, 9.17) is 5.11 Å². The number of nitrogens with zero attached hydrogens (tertiary/aromatic N) is 2. The summed E-state index contributed by atoms with van der Waals surface area (Å²) in [5.41, 5.74) is 0. The second-order valence-corrected chi connectivity index (χ2v) is 3.39. The first kappa shape index (κ1) is 8.93. The molecule has 1 aliphatic carbocycles. The summed E-state index contributed by atoms with van der Waals surface area (Å²) in [6.07, 6.45) is 3.96. The molecule has 0 amide bonds. The van der Waals surface area contributed by atoms with Gasteiger partial charge in [0, 0.05) is 12.7 Å². The van der Waals surface area contributed by atoms with E-state index in [-0.39, 0.29) is 5.82 Å². The Morgan fingerprint density at radius 1 is 1.64 bits per heavy atom. The lowest BCUT2D eigenvalue weighted by atomic mass is 10.4. The monoisotopic (exact) mass is 193 g/mol. The zero-order valence-electron chi connectivity index (χ0n) is 7.60. The highest BCUT2D eigenvalue weighted by atomic mass is 16.4. The van der Waals surface area contributed by atoms with Crippen LogP contribution in [-0.4, -0.2) is 27.6 Å².